The van der Waals surface area contributed by atoms with Crippen LogP contribution >= 0.6 is 0 Å². The molecule has 7 nitrogen and oxygen atoms in total. The Morgan fingerprint density at radius 2 is 1.49 bits per heavy atom. The topological polar surface area (TPSA) is 87.7 Å². The number of rotatable bonds is 6. The second kappa shape index (κ2) is 10.8. The van der Waals surface area contributed by atoms with Crippen LogP contribution in [0.1, 0.15) is 43.9 Å². The van der Waals surface area contributed by atoms with E-state index in [-0.39, 0.29) is 29.3 Å². The number of likely N-dealkylation sites (tertiary alicyclic amines) is 1. The molecule has 0 aliphatic carbocycles. The summed E-state index contributed by atoms with van der Waals surface area (Å²) in [5.74, 6) is -0.897. The molecule has 2 N–H and O–H groups in total. The zero-order valence-corrected chi connectivity index (χ0v) is 19.3. The third-order valence-electron chi connectivity index (χ3n) is 5.99. The maximum Gasteiger partial charge on any atom is 0.256 e. The molecule has 3 amide bonds. The number of piperidine rings is 1. The third-order valence-corrected chi connectivity index (χ3v) is 5.99. The number of carbonyl (C=O) groups is 3. The van der Waals surface area contributed by atoms with E-state index in [0.717, 1.165) is 0 Å². The van der Waals surface area contributed by atoms with Gasteiger partial charge in [-0.1, -0.05) is 24.3 Å². The van der Waals surface area contributed by atoms with Crippen LogP contribution in [0.4, 0.5) is 10.1 Å². The van der Waals surface area contributed by atoms with E-state index in [0.29, 0.717) is 48.5 Å². The fraction of sp³-hybridized carbons (Fsp3) is 0.222. The van der Waals surface area contributed by atoms with Gasteiger partial charge in [-0.05, 0) is 61.4 Å². The zero-order chi connectivity index (χ0) is 24.8. The second-order valence-electron chi connectivity index (χ2n) is 8.25. The molecule has 3 aromatic rings. The first kappa shape index (κ1) is 23.9. The maximum absolute atomic E-state index is 14.0. The van der Waals surface area contributed by atoms with E-state index in [1.807, 2.05) is 0 Å². The lowest BCUT2D eigenvalue weighted by Gasteiger charge is -2.32. The van der Waals surface area contributed by atoms with Crippen molar-refractivity contribution in [1.29, 1.82) is 0 Å². The number of ether oxygens (including phenoxy) is 1. The van der Waals surface area contributed by atoms with E-state index in [1.54, 1.807) is 72.7 Å². The van der Waals surface area contributed by atoms with Gasteiger partial charge in [0.25, 0.3) is 17.7 Å². The van der Waals surface area contributed by atoms with Crippen molar-refractivity contribution < 1.29 is 23.5 Å². The highest BCUT2D eigenvalue weighted by Gasteiger charge is 2.26. The Morgan fingerprint density at radius 1 is 0.857 bits per heavy atom. The Morgan fingerprint density at radius 3 is 2.14 bits per heavy atom. The maximum atomic E-state index is 14.0. The minimum absolute atomic E-state index is 0.0523. The van der Waals surface area contributed by atoms with Crippen molar-refractivity contribution in [2.24, 2.45) is 0 Å². The zero-order valence-electron chi connectivity index (χ0n) is 19.3. The van der Waals surface area contributed by atoms with Crippen LogP contribution in [0.5, 0.6) is 5.75 Å². The SMILES string of the molecule is COc1ccc(C(=O)Nc2ccccc2C(=O)NC2CCN(C(=O)c3ccccc3F)CC2)cc1. The van der Waals surface area contributed by atoms with E-state index >= 15 is 0 Å². The van der Waals surface area contributed by atoms with Gasteiger partial charge in [0.15, 0.2) is 0 Å². The van der Waals surface area contributed by atoms with E-state index < -0.39 is 5.82 Å². The molecule has 4 rings (SSSR count). The molecule has 35 heavy (non-hydrogen) atoms. The molecule has 1 aliphatic heterocycles. The number of hydrogen-bond acceptors (Lipinski definition) is 4. The highest BCUT2D eigenvalue weighted by molar-refractivity contribution is 6.09. The van der Waals surface area contributed by atoms with Crippen molar-refractivity contribution >= 4 is 23.4 Å². The van der Waals surface area contributed by atoms with Crippen LogP contribution in [-0.2, 0) is 0 Å². The summed E-state index contributed by atoms with van der Waals surface area (Å²) in [7, 11) is 1.55. The standard InChI is InChI=1S/C27H26FN3O4/c1-35-20-12-10-18(11-13-20)25(32)30-24-9-5-3-7-22(24)26(33)29-19-14-16-31(17-15-19)27(34)21-6-2-4-8-23(21)28/h2-13,19H,14-17H2,1H3,(H,29,33)(H,30,32). The van der Waals surface area contributed by atoms with Gasteiger partial charge in [0.2, 0.25) is 0 Å². The number of nitrogens with zero attached hydrogens (tertiary/aromatic N) is 1. The van der Waals surface area contributed by atoms with Crippen molar-refractivity contribution in [1.82, 2.24) is 10.2 Å². The van der Waals surface area contributed by atoms with Crippen LogP contribution in [0.2, 0.25) is 0 Å². The van der Waals surface area contributed by atoms with Gasteiger partial charge >= 0.3 is 0 Å². The average Bonchev–Trinajstić information content (AvgIpc) is 2.89. The number of nitrogens with one attached hydrogen (secondary N) is 2. The smallest absolute Gasteiger partial charge is 0.256 e. The van der Waals surface area contributed by atoms with E-state index in [1.165, 1.54) is 12.1 Å². The van der Waals surface area contributed by atoms with Crippen molar-refractivity contribution in [3.8, 4) is 5.75 Å². The predicted octanol–water partition coefficient (Wildman–Crippen LogP) is 4.12. The van der Waals surface area contributed by atoms with Gasteiger partial charge in [-0.15, -0.1) is 0 Å². The van der Waals surface area contributed by atoms with E-state index in [9.17, 15) is 18.8 Å². The molecule has 0 atom stereocenters. The number of anilines is 1. The molecule has 1 fully saturated rings. The molecular formula is C27H26FN3O4. The number of hydrogen-bond donors (Lipinski definition) is 2. The molecule has 1 heterocycles. The first-order chi connectivity index (χ1) is 17.0. The summed E-state index contributed by atoms with van der Waals surface area (Å²) >= 11 is 0. The lowest BCUT2D eigenvalue weighted by atomic mass is 10.0. The highest BCUT2D eigenvalue weighted by Crippen LogP contribution is 2.20. The number of benzene rings is 3. The van der Waals surface area contributed by atoms with Gasteiger partial charge in [0.1, 0.15) is 11.6 Å². The highest BCUT2D eigenvalue weighted by atomic mass is 19.1. The lowest BCUT2D eigenvalue weighted by Crippen LogP contribution is -2.46. The number of carbonyl (C=O) groups excluding carboxylic acids is 3. The molecule has 1 saturated heterocycles. The Labute approximate surface area is 202 Å². The molecule has 8 heteroatoms. The molecular weight excluding hydrogens is 449 g/mol. The number of halogens is 1. The summed E-state index contributed by atoms with van der Waals surface area (Å²) in [6.07, 6.45) is 1.10. The number of methoxy groups -OCH3 is 1. The molecule has 0 bridgehead atoms. The van der Waals surface area contributed by atoms with Gasteiger partial charge in [-0.3, -0.25) is 14.4 Å². The first-order valence-electron chi connectivity index (χ1n) is 11.4. The van der Waals surface area contributed by atoms with Crippen molar-refractivity contribution in [3.05, 3.63) is 95.3 Å². The van der Waals surface area contributed by atoms with Gasteiger partial charge < -0.3 is 20.3 Å². The van der Waals surface area contributed by atoms with Crippen LogP contribution in [0.15, 0.2) is 72.8 Å². The van der Waals surface area contributed by atoms with Gasteiger partial charge in [0.05, 0.1) is 23.9 Å². The van der Waals surface area contributed by atoms with Crippen molar-refractivity contribution in [2.45, 2.75) is 18.9 Å². The Hall–Kier alpha value is -4.20. The van der Waals surface area contributed by atoms with Crippen molar-refractivity contribution in [3.63, 3.8) is 0 Å². The number of para-hydroxylation sites is 1. The van der Waals surface area contributed by atoms with E-state index in [4.69, 9.17) is 4.74 Å². The van der Waals surface area contributed by atoms with Gasteiger partial charge in [-0.2, -0.15) is 0 Å². The molecule has 0 radical (unpaired) electrons. The summed E-state index contributed by atoms with van der Waals surface area (Å²) in [4.78, 5) is 39.9. The summed E-state index contributed by atoms with van der Waals surface area (Å²) in [5, 5.41) is 5.79. The molecule has 0 saturated carbocycles. The molecule has 0 aromatic heterocycles. The lowest BCUT2D eigenvalue weighted by molar-refractivity contribution is 0.0693. The average molecular weight is 476 g/mol. The molecule has 180 valence electrons. The minimum Gasteiger partial charge on any atom is -0.497 e. The van der Waals surface area contributed by atoms with Crippen LogP contribution in [0.3, 0.4) is 0 Å². The number of amides is 3. The first-order valence-corrected chi connectivity index (χ1v) is 11.4. The summed E-state index contributed by atoms with van der Waals surface area (Å²) in [6.45, 7) is 0.821. The van der Waals surface area contributed by atoms with Crippen LogP contribution in [0.25, 0.3) is 0 Å². The normalized spacial score (nSPS) is 13.7. The Kier molecular flexibility index (Phi) is 7.40. The quantitative estimate of drug-likeness (QED) is 0.562. The van der Waals surface area contributed by atoms with Gasteiger partial charge in [0, 0.05) is 24.7 Å². The van der Waals surface area contributed by atoms with Crippen LogP contribution in [-0.4, -0.2) is 48.9 Å². The molecule has 0 spiro atoms. The van der Waals surface area contributed by atoms with Crippen molar-refractivity contribution in [2.75, 3.05) is 25.5 Å². The second-order valence-corrected chi connectivity index (χ2v) is 8.25. The largest absolute Gasteiger partial charge is 0.497 e. The fourth-order valence-electron chi connectivity index (χ4n) is 4.02. The monoisotopic (exact) mass is 475 g/mol. The van der Waals surface area contributed by atoms with Crippen LogP contribution in [0, 0.1) is 5.82 Å². The summed E-state index contributed by atoms with van der Waals surface area (Å²) in [5.41, 5.74) is 1.24. The minimum atomic E-state index is -0.541. The Balaban J connectivity index is 1.36. The third kappa shape index (κ3) is 5.66. The van der Waals surface area contributed by atoms with Crippen LogP contribution < -0.4 is 15.4 Å². The molecule has 3 aromatic carbocycles. The fourth-order valence-corrected chi connectivity index (χ4v) is 4.02. The summed E-state index contributed by atoms with van der Waals surface area (Å²) < 4.78 is 19.1. The van der Waals surface area contributed by atoms with Gasteiger partial charge in [-0.25, -0.2) is 4.39 Å². The molecule has 1 aliphatic rings. The van der Waals surface area contributed by atoms with E-state index in [2.05, 4.69) is 10.6 Å². The summed E-state index contributed by atoms with van der Waals surface area (Å²) in [6, 6.07) is 19.3. The Bertz CT molecular complexity index is 1220. The molecule has 0 unspecified atom stereocenters. The predicted molar refractivity (Wildman–Crippen MR) is 130 cm³/mol.